The van der Waals surface area contributed by atoms with Gasteiger partial charge < -0.3 is 9.47 Å². The fourth-order valence-corrected chi connectivity index (χ4v) is 1.49. The smallest absolute Gasteiger partial charge is 0.216 e. The summed E-state index contributed by atoms with van der Waals surface area (Å²) in [6.45, 7) is 4.75. The summed E-state index contributed by atoms with van der Waals surface area (Å²) in [6, 6.07) is 7.75. The molecule has 2 rings (SSSR count). The van der Waals surface area contributed by atoms with Gasteiger partial charge in [-0.2, -0.15) is 0 Å². The summed E-state index contributed by atoms with van der Waals surface area (Å²) >= 11 is 0. The standard InChI is InChI=1S/C12H15NO2/c1-12(2)8-15-11(13-12)9-5-4-6-10(7-9)14-3/h4-7H,8H2,1-3H3. The number of nitrogens with zero attached hydrogens (tertiary/aromatic N) is 1. The van der Waals surface area contributed by atoms with E-state index in [0.717, 1.165) is 11.3 Å². The Morgan fingerprint density at radius 2 is 2.20 bits per heavy atom. The van der Waals surface area contributed by atoms with Crippen LogP contribution >= 0.6 is 0 Å². The highest BCUT2D eigenvalue weighted by atomic mass is 16.5. The Bertz CT molecular complexity index is 396. The molecule has 1 aromatic carbocycles. The minimum absolute atomic E-state index is 0.113. The van der Waals surface area contributed by atoms with Crippen molar-refractivity contribution in [2.24, 2.45) is 4.99 Å². The van der Waals surface area contributed by atoms with Gasteiger partial charge in [0.25, 0.3) is 0 Å². The molecule has 1 aromatic rings. The average Bonchev–Trinajstić information content (AvgIpc) is 2.59. The third-order valence-corrected chi connectivity index (χ3v) is 2.28. The molecule has 0 aliphatic carbocycles. The van der Waals surface area contributed by atoms with E-state index in [1.807, 2.05) is 24.3 Å². The van der Waals surface area contributed by atoms with Gasteiger partial charge in [-0.3, -0.25) is 0 Å². The lowest BCUT2D eigenvalue weighted by Crippen LogP contribution is -2.17. The third-order valence-electron chi connectivity index (χ3n) is 2.28. The minimum atomic E-state index is -0.113. The van der Waals surface area contributed by atoms with Crippen LogP contribution < -0.4 is 4.74 Å². The molecule has 1 heterocycles. The highest BCUT2D eigenvalue weighted by molar-refractivity contribution is 5.95. The number of rotatable bonds is 2. The van der Waals surface area contributed by atoms with Gasteiger partial charge in [-0.05, 0) is 32.0 Å². The maximum Gasteiger partial charge on any atom is 0.216 e. The van der Waals surface area contributed by atoms with E-state index in [4.69, 9.17) is 9.47 Å². The van der Waals surface area contributed by atoms with E-state index in [-0.39, 0.29) is 5.54 Å². The topological polar surface area (TPSA) is 30.8 Å². The molecule has 0 radical (unpaired) electrons. The predicted molar refractivity (Wildman–Crippen MR) is 59.6 cm³/mol. The molecule has 0 saturated heterocycles. The van der Waals surface area contributed by atoms with Crippen LogP contribution in [0.25, 0.3) is 0 Å². The number of methoxy groups -OCH3 is 1. The monoisotopic (exact) mass is 205 g/mol. The van der Waals surface area contributed by atoms with E-state index in [1.165, 1.54) is 0 Å². The van der Waals surface area contributed by atoms with Crippen LogP contribution in [0.15, 0.2) is 29.3 Å². The molecule has 0 aromatic heterocycles. The van der Waals surface area contributed by atoms with Gasteiger partial charge in [0.1, 0.15) is 12.4 Å². The van der Waals surface area contributed by atoms with Crippen molar-refractivity contribution in [3.63, 3.8) is 0 Å². The van der Waals surface area contributed by atoms with Crippen LogP contribution in [-0.4, -0.2) is 25.2 Å². The highest BCUT2D eigenvalue weighted by Crippen LogP contribution is 2.22. The van der Waals surface area contributed by atoms with Crippen molar-refractivity contribution < 1.29 is 9.47 Å². The highest BCUT2D eigenvalue weighted by Gasteiger charge is 2.26. The zero-order chi connectivity index (χ0) is 10.9. The summed E-state index contributed by atoms with van der Waals surface area (Å²) in [6.07, 6.45) is 0. The molecule has 0 saturated carbocycles. The van der Waals surface area contributed by atoms with Crippen molar-refractivity contribution in [3.05, 3.63) is 29.8 Å². The van der Waals surface area contributed by atoms with E-state index in [1.54, 1.807) is 7.11 Å². The summed E-state index contributed by atoms with van der Waals surface area (Å²) in [5.41, 5.74) is 0.859. The number of hydrogen-bond acceptors (Lipinski definition) is 3. The number of aliphatic imine (C=N–C) groups is 1. The number of benzene rings is 1. The molecule has 1 aliphatic heterocycles. The summed E-state index contributed by atoms with van der Waals surface area (Å²) in [4.78, 5) is 4.50. The molecule has 0 unspecified atom stereocenters. The lowest BCUT2D eigenvalue weighted by Gasteiger charge is -2.07. The molecule has 80 valence electrons. The molecule has 0 amide bonds. The number of hydrogen-bond donors (Lipinski definition) is 0. The molecule has 1 aliphatic rings. The fraction of sp³-hybridized carbons (Fsp3) is 0.417. The summed E-state index contributed by atoms with van der Waals surface area (Å²) in [5.74, 6) is 1.53. The van der Waals surface area contributed by atoms with Crippen molar-refractivity contribution in [2.45, 2.75) is 19.4 Å². The van der Waals surface area contributed by atoms with E-state index in [0.29, 0.717) is 12.5 Å². The first-order chi connectivity index (χ1) is 7.11. The summed E-state index contributed by atoms with van der Waals surface area (Å²) in [5, 5.41) is 0. The second-order valence-corrected chi connectivity index (χ2v) is 4.25. The Morgan fingerprint density at radius 1 is 1.40 bits per heavy atom. The van der Waals surface area contributed by atoms with Crippen molar-refractivity contribution in [2.75, 3.05) is 13.7 Å². The molecule has 0 atom stereocenters. The summed E-state index contributed by atoms with van der Waals surface area (Å²) < 4.78 is 10.7. The quantitative estimate of drug-likeness (QED) is 0.741. The molecule has 3 nitrogen and oxygen atoms in total. The van der Waals surface area contributed by atoms with Crippen molar-refractivity contribution in [1.29, 1.82) is 0 Å². The van der Waals surface area contributed by atoms with Crippen LogP contribution in [0.1, 0.15) is 19.4 Å². The van der Waals surface area contributed by atoms with Crippen molar-refractivity contribution in [1.82, 2.24) is 0 Å². The van der Waals surface area contributed by atoms with Gasteiger partial charge in [0.2, 0.25) is 5.90 Å². The molecule has 0 N–H and O–H groups in total. The van der Waals surface area contributed by atoms with Gasteiger partial charge in [0, 0.05) is 5.56 Å². The molecule has 15 heavy (non-hydrogen) atoms. The molecular formula is C12H15NO2. The molecule has 3 heteroatoms. The Hall–Kier alpha value is -1.51. The van der Waals surface area contributed by atoms with E-state index < -0.39 is 0 Å². The SMILES string of the molecule is COc1cccc(C2=NC(C)(C)CO2)c1. The van der Waals surface area contributed by atoms with Crippen LogP contribution in [0.5, 0.6) is 5.75 Å². The molecule has 0 fully saturated rings. The Labute approximate surface area is 89.7 Å². The molecular weight excluding hydrogens is 190 g/mol. The van der Waals surface area contributed by atoms with Gasteiger partial charge in [0.15, 0.2) is 0 Å². The van der Waals surface area contributed by atoms with Crippen molar-refractivity contribution >= 4 is 5.90 Å². The first kappa shape index (κ1) is 10.0. The maximum atomic E-state index is 5.55. The first-order valence-corrected chi connectivity index (χ1v) is 4.98. The normalized spacial score (nSPS) is 18.2. The second-order valence-electron chi connectivity index (χ2n) is 4.25. The van der Waals surface area contributed by atoms with Crippen LogP contribution in [0.3, 0.4) is 0 Å². The first-order valence-electron chi connectivity index (χ1n) is 4.98. The molecule has 0 spiro atoms. The lowest BCUT2D eigenvalue weighted by molar-refractivity contribution is 0.279. The third kappa shape index (κ3) is 2.12. The van der Waals surface area contributed by atoms with Crippen LogP contribution in [0, 0.1) is 0 Å². The van der Waals surface area contributed by atoms with Gasteiger partial charge in [-0.15, -0.1) is 0 Å². The minimum Gasteiger partial charge on any atom is -0.497 e. The largest absolute Gasteiger partial charge is 0.497 e. The molecule has 0 bridgehead atoms. The number of ether oxygens (including phenoxy) is 2. The maximum absolute atomic E-state index is 5.55. The Balaban J connectivity index is 2.31. The zero-order valence-corrected chi connectivity index (χ0v) is 9.28. The zero-order valence-electron chi connectivity index (χ0n) is 9.28. The summed E-state index contributed by atoms with van der Waals surface area (Å²) in [7, 11) is 1.65. The van der Waals surface area contributed by atoms with E-state index in [2.05, 4.69) is 18.8 Å². The van der Waals surface area contributed by atoms with E-state index >= 15 is 0 Å². The van der Waals surface area contributed by atoms with Gasteiger partial charge in [-0.1, -0.05) is 6.07 Å². The lowest BCUT2D eigenvalue weighted by atomic mass is 10.1. The van der Waals surface area contributed by atoms with Gasteiger partial charge in [-0.25, -0.2) is 4.99 Å². The van der Waals surface area contributed by atoms with Crippen molar-refractivity contribution in [3.8, 4) is 5.75 Å². The second kappa shape index (κ2) is 3.57. The van der Waals surface area contributed by atoms with E-state index in [9.17, 15) is 0 Å². The van der Waals surface area contributed by atoms with Crippen LogP contribution in [0.4, 0.5) is 0 Å². The Kier molecular flexibility index (Phi) is 2.39. The average molecular weight is 205 g/mol. The van der Waals surface area contributed by atoms with Gasteiger partial charge >= 0.3 is 0 Å². The Morgan fingerprint density at radius 3 is 2.80 bits per heavy atom. The van der Waals surface area contributed by atoms with Gasteiger partial charge in [0.05, 0.1) is 12.6 Å². The van der Waals surface area contributed by atoms with Crippen LogP contribution in [0.2, 0.25) is 0 Å². The van der Waals surface area contributed by atoms with Crippen LogP contribution in [-0.2, 0) is 4.74 Å². The fourth-order valence-electron chi connectivity index (χ4n) is 1.49. The predicted octanol–water partition coefficient (Wildman–Crippen LogP) is 2.25.